The second-order valence-corrected chi connectivity index (χ2v) is 10.7. The number of non-ortho nitro benzene ring substituents is 1. The SMILES string of the molecule is CC[C@H](O)[C@@H]1C(=O)N2C(C(=S)OCc3ccc([N+](=O)[O-])cc3)=C(CCC(=O)NCCc3ccccc3)S[C@H]12. The molecule has 0 spiro atoms. The minimum atomic E-state index is -0.757. The maximum absolute atomic E-state index is 13.0. The van der Waals surface area contributed by atoms with Crippen molar-refractivity contribution < 1.29 is 24.4 Å². The zero-order valence-electron chi connectivity index (χ0n) is 20.9. The van der Waals surface area contributed by atoms with Gasteiger partial charge in [0.05, 0.1) is 16.9 Å². The first-order chi connectivity index (χ1) is 18.3. The number of nitro benzene ring substituents is 1. The molecule has 38 heavy (non-hydrogen) atoms. The molecule has 3 atom stereocenters. The van der Waals surface area contributed by atoms with Crippen molar-refractivity contribution in [3.63, 3.8) is 0 Å². The Labute approximate surface area is 230 Å². The molecule has 2 aromatic rings. The third-order valence-corrected chi connectivity index (χ3v) is 8.29. The highest BCUT2D eigenvalue weighted by atomic mass is 32.2. The van der Waals surface area contributed by atoms with Crippen LogP contribution >= 0.6 is 24.0 Å². The lowest BCUT2D eigenvalue weighted by Crippen LogP contribution is -2.61. The van der Waals surface area contributed by atoms with Crippen LogP contribution < -0.4 is 5.32 Å². The number of rotatable bonds is 12. The number of amides is 2. The number of nitro groups is 1. The summed E-state index contributed by atoms with van der Waals surface area (Å²) >= 11 is 7.00. The van der Waals surface area contributed by atoms with Crippen molar-refractivity contribution >= 4 is 46.5 Å². The summed E-state index contributed by atoms with van der Waals surface area (Å²) < 4.78 is 5.82. The first-order valence-corrected chi connectivity index (χ1v) is 13.7. The second-order valence-electron chi connectivity index (χ2n) is 9.08. The van der Waals surface area contributed by atoms with Gasteiger partial charge in [-0.05, 0) is 54.7 Å². The lowest BCUT2D eigenvalue weighted by Gasteiger charge is -2.44. The molecule has 2 aliphatic heterocycles. The van der Waals surface area contributed by atoms with E-state index in [1.54, 1.807) is 17.0 Å². The van der Waals surface area contributed by atoms with E-state index in [9.17, 15) is 24.8 Å². The van der Waals surface area contributed by atoms with Crippen LogP contribution in [0.1, 0.15) is 37.3 Å². The van der Waals surface area contributed by atoms with Gasteiger partial charge < -0.3 is 15.2 Å². The molecule has 0 bridgehead atoms. The average molecular weight is 556 g/mol. The Hall–Kier alpha value is -3.28. The van der Waals surface area contributed by atoms with Gasteiger partial charge in [-0.2, -0.15) is 0 Å². The standard InChI is InChI=1S/C27H29N3O6S2/c1-2-20(31)23-25(33)29-24(27(37)36-16-18-8-10-19(11-9-18)30(34)35)21(38-26(23)29)12-13-22(32)28-15-14-17-6-4-3-5-7-17/h3-11,20,23,26,31H,2,12-16H2,1H3,(H,28,32)/t20-,23+,26+/m0/s1. The van der Waals surface area contributed by atoms with Crippen molar-refractivity contribution in [2.24, 2.45) is 5.92 Å². The van der Waals surface area contributed by atoms with Gasteiger partial charge in [0.25, 0.3) is 5.69 Å². The predicted octanol–water partition coefficient (Wildman–Crippen LogP) is 4.09. The van der Waals surface area contributed by atoms with E-state index in [0.717, 1.165) is 16.9 Å². The number of aliphatic hydroxyl groups excluding tert-OH is 1. The molecular formula is C27H29N3O6S2. The van der Waals surface area contributed by atoms with Crippen molar-refractivity contribution in [3.8, 4) is 0 Å². The molecule has 1 fully saturated rings. The Balaban J connectivity index is 1.40. The van der Waals surface area contributed by atoms with Gasteiger partial charge in [-0.3, -0.25) is 24.6 Å². The predicted molar refractivity (Wildman–Crippen MR) is 148 cm³/mol. The Bertz CT molecular complexity index is 1240. The van der Waals surface area contributed by atoms with Gasteiger partial charge >= 0.3 is 0 Å². The number of carbonyl (C=O) groups is 2. The monoisotopic (exact) mass is 555 g/mol. The molecular weight excluding hydrogens is 526 g/mol. The van der Waals surface area contributed by atoms with Crippen molar-refractivity contribution in [1.29, 1.82) is 0 Å². The minimum Gasteiger partial charge on any atom is -0.477 e. The van der Waals surface area contributed by atoms with Gasteiger partial charge in [0.15, 0.2) is 0 Å². The normalized spacial score (nSPS) is 19.0. The maximum Gasteiger partial charge on any atom is 0.269 e. The lowest BCUT2D eigenvalue weighted by atomic mass is 9.90. The van der Waals surface area contributed by atoms with Crippen molar-refractivity contribution in [2.75, 3.05) is 6.54 Å². The topological polar surface area (TPSA) is 122 Å². The number of nitrogens with zero attached hydrogens (tertiary/aromatic N) is 2. The molecule has 0 aliphatic carbocycles. The van der Waals surface area contributed by atoms with E-state index in [2.05, 4.69) is 5.32 Å². The Morgan fingerprint density at radius 2 is 1.89 bits per heavy atom. The number of thiocarbonyl (C=S) groups is 1. The minimum absolute atomic E-state index is 0.0231. The third kappa shape index (κ3) is 6.23. The van der Waals surface area contributed by atoms with Gasteiger partial charge in [-0.1, -0.05) is 37.3 Å². The Morgan fingerprint density at radius 3 is 2.55 bits per heavy atom. The van der Waals surface area contributed by atoms with Crippen LogP contribution in [0.4, 0.5) is 5.69 Å². The Kier molecular flexibility index (Phi) is 9.13. The van der Waals surface area contributed by atoms with E-state index in [1.807, 2.05) is 37.3 Å². The number of β-lactam (4-membered cyclic amide) rings is 1. The summed E-state index contributed by atoms with van der Waals surface area (Å²) in [6, 6.07) is 15.8. The number of hydrogen-bond donors (Lipinski definition) is 2. The van der Waals surface area contributed by atoms with E-state index >= 15 is 0 Å². The summed E-state index contributed by atoms with van der Waals surface area (Å²) in [5.41, 5.74) is 2.28. The summed E-state index contributed by atoms with van der Waals surface area (Å²) in [4.78, 5) is 38.2. The molecule has 0 saturated carbocycles. The van der Waals surface area contributed by atoms with E-state index < -0.39 is 16.9 Å². The largest absolute Gasteiger partial charge is 0.477 e. The van der Waals surface area contributed by atoms with E-state index in [4.69, 9.17) is 17.0 Å². The van der Waals surface area contributed by atoms with E-state index in [-0.39, 0.29) is 41.0 Å². The van der Waals surface area contributed by atoms with Gasteiger partial charge in [-0.15, -0.1) is 11.8 Å². The number of allylic oxidation sites excluding steroid dienone is 1. The molecule has 9 nitrogen and oxygen atoms in total. The highest BCUT2D eigenvalue weighted by Gasteiger charge is 2.57. The number of aliphatic hydroxyl groups is 1. The van der Waals surface area contributed by atoms with Crippen LogP contribution in [0.5, 0.6) is 0 Å². The summed E-state index contributed by atoms with van der Waals surface area (Å²) in [5, 5.41) is 24.0. The number of carbonyl (C=O) groups excluding carboxylic acids is 2. The van der Waals surface area contributed by atoms with E-state index in [0.29, 0.717) is 30.6 Å². The molecule has 2 heterocycles. The van der Waals surface area contributed by atoms with Gasteiger partial charge in [0.2, 0.25) is 16.9 Å². The van der Waals surface area contributed by atoms with Crippen LogP contribution in [0.15, 0.2) is 65.2 Å². The highest BCUT2D eigenvalue weighted by Crippen LogP contribution is 2.52. The van der Waals surface area contributed by atoms with Crippen molar-refractivity contribution in [3.05, 3.63) is 86.4 Å². The van der Waals surface area contributed by atoms with E-state index in [1.165, 1.54) is 23.9 Å². The number of benzene rings is 2. The number of fused-ring (bicyclic) bond motifs is 1. The molecule has 4 rings (SSSR count). The summed E-state index contributed by atoms with van der Waals surface area (Å²) in [6.07, 6.45) is 1.04. The molecule has 200 valence electrons. The first-order valence-electron chi connectivity index (χ1n) is 12.4. The van der Waals surface area contributed by atoms with Crippen molar-refractivity contribution in [2.45, 2.75) is 50.7 Å². The first kappa shape index (κ1) is 27.7. The maximum atomic E-state index is 13.0. The van der Waals surface area contributed by atoms with Crippen LogP contribution in [0, 0.1) is 16.0 Å². The highest BCUT2D eigenvalue weighted by molar-refractivity contribution is 8.04. The lowest BCUT2D eigenvalue weighted by molar-refractivity contribution is -0.384. The molecule has 0 radical (unpaired) electrons. The number of hydrogen-bond acceptors (Lipinski definition) is 8. The van der Waals surface area contributed by atoms with Crippen LogP contribution in [0.2, 0.25) is 0 Å². The number of thioether (sulfide) groups is 1. The van der Waals surface area contributed by atoms with Crippen LogP contribution in [-0.4, -0.2) is 49.8 Å². The van der Waals surface area contributed by atoms with Gasteiger partial charge in [0, 0.05) is 30.0 Å². The zero-order valence-corrected chi connectivity index (χ0v) is 22.5. The smallest absolute Gasteiger partial charge is 0.269 e. The molecule has 0 aromatic heterocycles. The summed E-state index contributed by atoms with van der Waals surface area (Å²) in [7, 11) is 0. The summed E-state index contributed by atoms with van der Waals surface area (Å²) in [6.45, 7) is 2.43. The van der Waals surface area contributed by atoms with Crippen LogP contribution in [-0.2, 0) is 27.4 Å². The fraction of sp³-hybridized carbons (Fsp3) is 0.370. The molecule has 2 N–H and O–H groups in total. The summed E-state index contributed by atoms with van der Waals surface area (Å²) in [5.74, 6) is -0.845. The van der Waals surface area contributed by atoms with Crippen LogP contribution in [0.3, 0.4) is 0 Å². The van der Waals surface area contributed by atoms with Crippen LogP contribution in [0.25, 0.3) is 0 Å². The molecule has 2 aliphatic rings. The second kappa shape index (κ2) is 12.5. The number of nitrogens with one attached hydrogen (secondary N) is 1. The third-order valence-electron chi connectivity index (χ3n) is 6.55. The van der Waals surface area contributed by atoms with Gasteiger partial charge in [-0.25, -0.2) is 0 Å². The molecule has 2 amide bonds. The molecule has 0 unspecified atom stereocenters. The number of ether oxygens (including phenoxy) is 1. The quantitative estimate of drug-likeness (QED) is 0.174. The average Bonchev–Trinajstić information content (AvgIpc) is 3.25. The fourth-order valence-electron chi connectivity index (χ4n) is 4.42. The molecule has 1 saturated heterocycles. The van der Waals surface area contributed by atoms with Gasteiger partial charge in [0.1, 0.15) is 17.7 Å². The zero-order chi connectivity index (χ0) is 27.2. The molecule has 2 aromatic carbocycles. The van der Waals surface area contributed by atoms with Crippen molar-refractivity contribution in [1.82, 2.24) is 10.2 Å². The molecule has 11 heteroatoms. The fourth-order valence-corrected chi connectivity index (χ4v) is 6.34. The Morgan fingerprint density at radius 1 is 1.18 bits per heavy atom.